The first-order valence-electron chi connectivity index (χ1n) is 9.26. The molecule has 1 rings (SSSR count). The number of aliphatic imine (C=N–C) groups is 1. The second kappa shape index (κ2) is 9.36. The summed E-state index contributed by atoms with van der Waals surface area (Å²) < 4.78 is 41.2. The van der Waals surface area contributed by atoms with Crippen molar-refractivity contribution in [2.75, 3.05) is 0 Å². The third-order valence-corrected chi connectivity index (χ3v) is 4.76. The van der Waals surface area contributed by atoms with Crippen LogP contribution < -0.4 is 0 Å². The third kappa shape index (κ3) is 4.97. The van der Waals surface area contributed by atoms with Gasteiger partial charge in [-0.05, 0) is 61.4 Å². The van der Waals surface area contributed by atoms with Crippen LogP contribution >= 0.6 is 0 Å². The van der Waals surface area contributed by atoms with E-state index in [0.29, 0.717) is 36.1 Å². The predicted molar refractivity (Wildman–Crippen MR) is 102 cm³/mol. The number of rotatable bonds is 8. The Morgan fingerprint density at radius 1 is 1.19 bits per heavy atom. The molecule has 0 aliphatic rings. The van der Waals surface area contributed by atoms with Crippen LogP contribution in [0.5, 0.6) is 0 Å². The van der Waals surface area contributed by atoms with Crippen molar-refractivity contribution < 1.29 is 18.3 Å². The Morgan fingerprint density at radius 2 is 1.85 bits per heavy atom. The zero-order valence-corrected chi connectivity index (χ0v) is 16.4. The maximum absolute atomic E-state index is 13.7. The van der Waals surface area contributed by atoms with Crippen molar-refractivity contribution in [1.29, 1.82) is 0 Å². The van der Waals surface area contributed by atoms with Crippen molar-refractivity contribution in [2.24, 2.45) is 4.99 Å². The van der Waals surface area contributed by atoms with Crippen molar-refractivity contribution in [3.8, 4) is 0 Å². The second-order valence-corrected chi connectivity index (χ2v) is 6.59. The number of halogens is 3. The van der Waals surface area contributed by atoms with Crippen molar-refractivity contribution >= 4 is 11.9 Å². The fourth-order valence-corrected chi connectivity index (χ4v) is 2.94. The lowest BCUT2D eigenvalue weighted by Gasteiger charge is -2.33. The van der Waals surface area contributed by atoms with Gasteiger partial charge in [-0.25, -0.2) is 0 Å². The third-order valence-electron chi connectivity index (χ3n) is 4.76. The van der Waals surface area contributed by atoms with Crippen molar-refractivity contribution in [1.82, 2.24) is 0 Å². The van der Waals surface area contributed by atoms with Crippen LogP contribution in [0.4, 0.5) is 18.9 Å². The maximum atomic E-state index is 13.7. The molecule has 26 heavy (non-hydrogen) atoms. The van der Waals surface area contributed by atoms with E-state index in [1.807, 2.05) is 26.8 Å². The molecule has 0 heterocycles. The van der Waals surface area contributed by atoms with Crippen LogP contribution in [-0.2, 0) is 12.0 Å². The summed E-state index contributed by atoms with van der Waals surface area (Å²) in [5.41, 5.74) is -0.0607. The zero-order valence-electron chi connectivity index (χ0n) is 16.4. The minimum Gasteiger partial charge on any atom is -0.376 e. The Bertz CT molecular complexity index is 662. The van der Waals surface area contributed by atoms with Gasteiger partial charge < -0.3 is 5.11 Å². The quantitative estimate of drug-likeness (QED) is 0.517. The molecule has 1 unspecified atom stereocenters. The van der Waals surface area contributed by atoms with Gasteiger partial charge in [0.05, 0.1) is 5.69 Å². The van der Waals surface area contributed by atoms with Crippen LogP contribution in [0.1, 0.15) is 70.1 Å². The van der Waals surface area contributed by atoms with Gasteiger partial charge in [-0.3, -0.25) is 4.99 Å². The van der Waals surface area contributed by atoms with Crippen LogP contribution in [0.3, 0.4) is 0 Å². The van der Waals surface area contributed by atoms with E-state index in [1.165, 1.54) is 6.07 Å². The molecule has 0 aliphatic heterocycles. The van der Waals surface area contributed by atoms with Crippen LogP contribution in [0.25, 0.3) is 0 Å². The summed E-state index contributed by atoms with van der Waals surface area (Å²) in [4.78, 5) is 4.45. The van der Waals surface area contributed by atoms with E-state index in [0.717, 1.165) is 12.0 Å². The van der Waals surface area contributed by atoms with Gasteiger partial charge in [0, 0.05) is 6.21 Å². The first kappa shape index (κ1) is 22.4. The van der Waals surface area contributed by atoms with Gasteiger partial charge >= 0.3 is 6.18 Å². The molecule has 0 saturated carbocycles. The molecule has 1 aromatic carbocycles. The summed E-state index contributed by atoms with van der Waals surface area (Å²) in [6.45, 7) is 9.28. The fourth-order valence-electron chi connectivity index (χ4n) is 2.94. The Morgan fingerprint density at radius 3 is 2.31 bits per heavy atom. The molecule has 0 spiro atoms. The highest BCUT2D eigenvalue weighted by molar-refractivity contribution is 5.81. The minimum atomic E-state index is -4.72. The Labute approximate surface area is 154 Å². The number of hydrogen-bond donors (Lipinski definition) is 1. The number of aliphatic hydroxyl groups is 1. The summed E-state index contributed by atoms with van der Waals surface area (Å²) >= 11 is 0. The van der Waals surface area contributed by atoms with Gasteiger partial charge in [-0.2, -0.15) is 13.2 Å². The molecule has 1 aromatic rings. The van der Waals surface area contributed by atoms with Gasteiger partial charge in [0.15, 0.2) is 5.60 Å². The lowest BCUT2D eigenvalue weighted by molar-refractivity contribution is -0.269. The average molecular weight is 369 g/mol. The molecule has 0 saturated heterocycles. The van der Waals surface area contributed by atoms with Crippen LogP contribution in [0.15, 0.2) is 28.8 Å². The van der Waals surface area contributed by atoms with Gasteiger partial charge in [0.2, 0.25) is 0 Å². The van der Waals surface area contributed by atoms with E-state index in [4.69, 9.17) is 0 Å². The van der Waals surface area contributed by atoms with Gasteiger partial charge in [0.25, 0.3) is 0 Å². The predicted octanol–water partition coefficient (Wildman–Crippen LogP) is 6.56. The number of alkyl halides is 3. The van der Waals surface area contributed by atoms with E-state index in [2.05, 4.69) is 4.99 Å². The number of aryl methyl sites for hydroxylation is 2. The summed E-state index contributed by atoms with van der Waals surface area (Å²) in [6.07, 6.45) is 0.777. The standard InChI is InChI=1S/C21H30F3NO/c1-6-10-11-20(26,21(22,23)24)18-12-15(5)19(13-17(18)9-4)25-14-16(7-2)8-3/h7,12-14,26H,6,8-11H2,1-5H3/b16-7+,25-14?. The zero-order chi connectivity index (χ0) is 20.0. The molecule has 0 fully saturated rings. The van der Waals surface area contributed by atoms with E-state index in [1.54, 1.807) is 26.1 Å². The molecular formula is C21H30F3NO. The molecule has 0 bridgehead atoms. The molecular weight excluding hydrogens is 339 g/mol. The van der Waals surface area contributed by atoms with Gasteiger partial charge in [-0.1, -0.05) is 45.8 Å². The topological polar surface area (TPSA) is 32.6 Å². The summed E-state index contributed by atoms with van der Waals surface area (Å²) in [5.74, 6) is 0. The Balaban J connectivity index is 3.47. The molecule has 2 nitrogen and oxygen atoms in total. The van der Waals surface area contributed by atoms with Crippen molar-refractivity contribution in [2.45, 2.75) is 78.5 Å². The Hall–Kier alpha value is -1.62. The fraction of sp³-hybridized carbons (Fsp3) is 0.571. The molecule has 0 amide bonds. The Kier molecular flexibility index (Phi) is 8.07. The van der Waals surface area contributed by atoms with E-state index in [-0.39, 0.29) is 12.0 Å². The number of allylic oxidation sites excluding steroid dienone is 2. The molecule has 146 valence electrons. The van der Waals surface area contributed by atoms with E-state index < -0.39 is 11.8 Å². The van der Waals surface area contributed by atoms with E-state index >= 15 is 0 Å². The van der Waals surface area contributed by atoms with E-state index in [9.17, 15) is 18.3 Å². The molecule has 1 N–H and O–H groups in total. The van der Waals surface area contributed by atoms with Gasteiger partial charge in [-0.15, -0.1) is 0 Å². The van der Waals surface area contributed by atoms with Gasteiger partial charge in [0.1, 0.15) is 0 Å². The number of hydrogen-bond acceptors (Lipinski definition) is 2. The number of benzene rings is 1. The minimum absolute atomic E-state index is 0.0425. The first-order valence-corrected chi connectivity index (χ1v) is 9.26. The molecule has 0 aromatic heterocycles. The first-order chi connectivity index (χ1) is 12.1. The second-order valence-electron chi connectivity index (χ2n) is 6.59. The lowest BCUT2D eigenvalue weighted by Crippen LogP contribution is -2.43. The smallest absolute Gasteiger partial charge is 0.376 e. The summed E-state index contributed by atoms with van der Waals surface area (Å²) in [7, 11) is 0. The van der Waals surface area contributed by atoms with Crippen LogP contribution in [0.2, 0.25) is 0 Å². The largest absolute Gasteiger partial charge is 0.421 e. The molecule has 0 aliphatic carbocycles. The number of unbranched alkanes of at least 4 members (excludes halogenated alkanes) is 1. The highest BCUT2D eigenvalue weighted by Gasteiger charge is 2.55. The molecule has 1 atom stereocenters. The molecule has 5 heteroatoms. The maximum Gasteiger partial charge on any atom is 0.421 e. The monoisotopic (exact) mass is 369 g/mol. The van der Waals surface area contributed by atoms with Crippen LogP contribution in [-0.4, -0.2) is 17.5 Å². The summed E-state index contributed by atoms with van der Waals surface area (Å²) in [5, 5.41) is 10.6. The average Bonchev–Trinajstić information content (AvgIpc) is 2.60. The molecule has 0 radical (unpaired) electrons. The highest BCUT2D eigenvalue weighted by Crippen LogP contribution is 2.45. The normalized spacial score (nSPS) is 15.5. The van der Waals surface area contributed by atoms with Crippen LogP contribution in [0, 0.1) is 6.92 Å². The summed E-state index contributed by atoms with van der Waals surface area (Å²) in [6, 6.07) is 3.13. The number of nitrogens with zero attached hydrogens (tertiary/aromatic N) is 1. The van der Waals surface area contributed by atoms with Crippen molar-refractivity contribution in [3.05, 3.63) is 40.5 Å². The lowest BCUT2D eigenvalue weighted by atomic mass is 9.83. The highest BCUT2D eigenvalue weighted by atomic mass is 19.4. The van der Waals surface area contributed by atoms with Crippen molar-refractivity contribution in [3.63, 3.8) is 0 Å². The SMILES string of the molecule is C/C=C(/C=Nc1cc(CC)c(C(O)(CCCC)C(F)(F)F)cc1C)CC.